The van der Waals surface area contributed by atoms with E-state index in [1.54, 1.807) is 25.1 Å². The molecular weight excluding hydrogens is 216 g/mol. The zero-order chi connectivity index (χ0) is 13.0. The number of benzene rings is 1. The number of hydrogen-bond acceptors (Lipinski definition) is 3. The fourth-order valence-corrected chi connectivity index (χ4v) is 1.41. The van der Waals surface area contributed by atoms with Gasteiger partial charge in [-0.15, -0.1) is 0 Å². The average molecular weight is 236 g/mol. The maximum atomic E-state index is 11.9. The molecule has 0 saturated heterocycles. The molecule has 4 nitrogen and oxygen atoms in total. The van der Waals surface area contributed by atoms with Crippen LogP contribution in [0.4, 0.5) is 0 Å². The van der Waals surface area contributed by atoms with Crippen LogP contribution in [-0.2, 0) is 0 Å². The fraction of sp³-hybridized carbons (Fsp3) is 0.462. The van der Waals surface area contributed by atoms with Crippen LogP contribution >= 0.6 is 0 Å². The Kier molecular flexibility index (Phi) is 4.52. The molecule has 4 heteroatoms. The van der Waals surface area contributed by atoms with Gasteiger partial charge in [0.15, 0.2) is 0 Å². The Labute approximate surface area is 102 Å². The van der Waals surface area contributed by atoms with Gasteiger partial charge in [-0.05, 0) is 25.0 Å². The van der Waals surface area contributed by atoms with Crippen LogP contribution in [0, 0.1) is 12.8 Å². The maximum absolute atomic E-state index is 11.9. The number of hydrogen-bond donors (Lipinski definition) is 3. The summed E-state index contributed by atoms with van der Waals surface area (Å²) in [5.74, 6) is 0.251. The van der Waals surface area contributed by atoms with Crippen LogP contribution in [0.15, 0.2) is 18.2 Å². The lowest BCUT2D eigenvalue weighted by molar-refractivity contribution is 0.0948. The SMILES string of the molecule is Cc1c(O)cccc1C(=O)NCC(N)C(C)C. The van der Waals surface area contributed by atoms with Crippen LogP contribution in [0.25, 0.3) is 0 Å². The lowest BCUT2D eigenvalue weighted by Crippen LogP contribution is -2.40. The lowest BCUT2D eigenvalue weighted by atomic mass is 10.0. The Morgan fingerprint density at radius 2 is 2.12 bits per heavy atom. The summed E-state index contributed by atoms with van der Waals surface area (Å²) >= 11 is 0. The lowest BCUT2D eigenvalue weighted by Gasteiger charge is -2.16. The van der Waals surface area contributed by atoms with E-state index in [4.69, 9.17) is 5.73 Å². The van der Waals surface area contributed by atoms with Crippen LogP contribution in [0.3, 0.4) is 0 Å². The zero-order valence-electron chi connectivity index (χ0n) is 10.5. The van der Waals surface area contributed by atoms with Crippen molar-refractivity contribution < 1.29 is 9.90 Å². The van der Waals surface area contributed by atoms with E-state index < -0.39 is 0 Å². The predicted molar refractivity (Wildman–Crippen MR) is 68.0 cm³/mol. The molecule has 0 heterocycles. The van der Waals surface area contributed by atoms with Crippen LogP contribution in [0.1, 0.15) is 29.8 Å². The highest BCUT2D eigenvalue weighted by Crippen LogP contribution is 2.19. The Balaban J connectivity index is 2.68. The van der Waals surface area contributed by atoms with Crippen molar-refractivity contribution in [2.75, 3.05) is 6.54 Å². The molecule has 0 saturated carbocycles. The van der Waals surface area contributed by atoms with E-state index in [1.807, 2.05) is 13.8 Å². The first kappa shape index (κ1) is 13.5. The summed E-state index contributed by atoms with van der Waals surface area (Å²) in [5.41, 5.74) is 6.92. The van der Waals surface area contributed by atoms with Crippen molar-refractivity contribution >= 4 is 5.91 Å². The maximum Gasteiger partial charge on any atom is 0.251 e. The molecule has 94 valence electrons. The number of carbonyl (C=O) groups excluding carboxylic acids is 1. The van der Waals surface area contributed by atoms with Gasteiger partial charge in [-0.2, -0.15) is 0 Å². The first-order chi connectivity index (χ1) is 7.93. The van der Waals surface area contributed by atoms with Gasteiger partial charge in [-0.3, -0.25) is 4.79 Å². The van der Waals surface area contributed by atoms with Gasteiger partial charge < -0.3 is 16.2 Å². The van der Waals surface area contributed by atoms with Crippen molar-refractivity contribution in [3.63, 3.8) is 0 Å². The highest BCUT2D eigenvalue weighted by atomic mass is 16.3. The van der Waals surface area contributed by atoms with Crippen LogP contribution in [0.2, 0.25) is 0 Å². The van der Waals surface area contributed by atoms with E-state index in [0.29, 0.717) is 23.6 Å². The minimum atomic E-state index is -0.200. The number of nitrogens with two attached hydrogens (primary N) is 1. The number of nitrogens with one attached hydrogen (secondary N) is 1. The Morgan fingerprint density at radius 3 is 2.71 bits per heavy atom. The Bertz CT molecular complexity index is 402. The second kappa shape index (κ2) is 5.68. The van der Waals surface area contributed by atoms with Gasteiger partial charge in [0.25, 0.3) is 5.91 Å². The van der Waals surface area contributed by atoms with Gasteiger partial charge in [-0.25, -0.2) is 0 Å². The highest BCUT2D eigenvalue weighted by Gasteiger charge is 2.13. The number of carbonyl (C=O) groups is 1. The van der Waals surface area contributed by atoms with Crippen LogP contribution in [0.5, 0.6) is 5.75 Å². The quantitative estimate of drug-likeness (QED) is 0.740. The van der Waals surface area contributed by atoms with Crippen LogP contribution in [-0.4, -0.2) is 23.6 Å². The minimum absolute atomic E-state index is 0.0587. The third-order valence-corrected chi connectivity index (χ3v) is 2.90. The van der Waals surface area contributed by atoms with Crippen molar-refractivity contribution in [1.82, 2.24) is 5.32 Å². The third kappa shape index (κ3) is 3.46. The van der Waals surface area contributed by atoms with Gasteiger partial charge >= 0.3 is 0 Å². The van der Waals surface area contributed by atoms with Crippen molar-refractivity contribution in [2.24, 2.45) is 11.7 Å². The zero-order valence-corrected chi connectivity index (χ0v) is 10.5. The monoisotopic (exact) mass is 236 g/mol. The van der Waals surface area contributed by atoms with Gasteiger partial charge in [0.2, 0.25) is 0 Å². The van der Waals surface area contributed by atoms with E-state index in [-0.39, 0.29) is 17.7 Å². The largest absolute Gasteiger partial charge is 0.508 e. The molecule has 0 aliphatic rings. The van der Waals surface area contributed by atoms with Gasteiger partial charge in [0.1, 0.15) is 5.75 Å². The summed E-state index contributed by atoms with van der Waals surface area (Å²) in [6.07, 6.45) is 0. The molecule has 0 fully saturated rings. The average Bonchev–Trinajstić information content (AvgIpc) is 2.29. The number of phenolic OH excluding ortho intramolecular Hbond substituents is 1. The van der Waals surface area contributed by atoms with Crippen molar-refractivity contribution in [2.45, 2.75) is 26.8 Å². The molecule has 1 aromatic rings. The predicted octanol–water partition coefficient (Wildman–Crippen LogP) is 1.41. The highest BCUT2D eigenvalue weighted by molar-refractivity contribution is 5.96. The molecule has 1 unspecified atom stereocenters. The summed E-state index contributed by atoms with van der Waals surface area (Å²) < 4.78 is 0. The van der Waals surface area contributed by atoms with E-state index in [2.05, 4.69) is 5.32 Å². The molecule has 0 spiro atoms. The van der Waals surface area contributed by atoms with Crippen molar-refractivity contribution in [1.29, 1.82) is 0 Å². The number of aromatic hydroxyl groups is 1. The molecule has 4 N–H and O–H groups in total. The Morgan fingerprint density at radius 1 is 1.47 bits per heavy atom. The van der Waals surface area contributed by atoms with Gasteiger partial charge in [0.05, 0.1) is 0 Å². The van der Waals surface area contributed by atoms with E-state index >= 15 is 0 Å². The smallest absolute Gasteiger partial charge is 0.251 e. The summed E-state index contributed by atoms with van der Waals surface area (Å²) in [6, 6.07) is 4.84. The minimum Gasteiger partial charge on any atom is -0.508 e. The molecule has 1 atom stereocenters. The topological polar surface area (TPSA) is 75.3 Å². The van der Waals surface area contributed by atoms with E-state index in [9.17, 15) is 9.90 Å². The molecule has 0 aliphatic carbocycles. The van der Waals surface area contributed by atoms with Crippen LogP contribution < -0.4 is 11.1 Å². The molecule has 17 heavy (non-hydrogen) atoms. The molecule has 0 aliphatic heterocycles. The van der Waals surface area contributed by atoms with E-state index in [1.165, 1.54) is 0 Å². The van der Waals surface area contributed by atoms with Crippen molar-refractivity contribution in [3.8, 4) is 5.75 Å². The second-order valence-electron chi connectivity index (χ2n) is 4.57. The molecule has 0 radical (unpaired) electrons. The van der Waals surface area contributed by atoms with E-state index in [0.717, 1.165) is 0 Å². The molecule has 1 amide bonds. The third-order valence-electron chi connectivity index (χ3n) is 2.90. The second-order valence-corrected chi connectivity index (χ2v) is 4.57. The number of amides is 1. The standard InChI is InChI=1S/C13H20N2O2/c1-8(2)11(14)7-15-13(17)10-5-4-6-12(16)9(10)3/h4-6,8,11,16H,7,14H2,1-3H3,(H,15,17). The van der Waals surface area contributed by atoms with Crippen molar-refractivity contribution in [3.05, 3.63) is 29.3 Å². The van der Waals surface area contributed by atoms with Gasteiger partial charge in [-0.1, -0.05) is 19.9 Å². The summed E-state index contributed by atoms with van der Waals surface area (Å²) in [6.45, 7) is 6.17. The molecular formula is C13H20N2O2. The molecule has 1 aromatic carbocycles. The molecule has 0 aromatic heterocycles. The normalized spacial score (nSPS) is 12.5. The summed E-state index contributed by atoms with van der Waals surface area (Å²) in [7, 11) is 0. The Hall–Kier alpha value is -1.55. The first-order valence-corrected chi connectivity index (χ1v) is 5.75. The summed E-state index contributed by atoms with van der Waals surface area (Å²) in [4.78, 5) is 11.9. The summed E-state index contributed by atoms with van der Waals surface area (Å²) in [5, 5.41) is 12.3. The van der Waals surface area contributed by atoms with Gasteiger partial charge in [0, 0.05) is 23.7 Å². The number of rotatable bonds is 4. The molecule has 1 rings (SSSR count). The fourth-order valence-electron chi connectivity index (χ4n) is 1.41. The first-order valence-electron chi connectivity index (χ1n) is 5.75. The number of phenols is 1. The molecule has 0 bridgehead atoms.